The predicted molar refractivity (Wildman–Crippen MR) is 83.2 cm³/mol. The number of amides is 1. The first-order chi connectivity index (χ1) is 10.8. The highest BCUT2D eigenvalue weighted by molar-refractivity contribution is 7.90. The number of sulfonamides is 1. The molecular formula is C14H15FN2O4S2. The lowest BCUT2D eigenvalue weighted by Crippen LogP contribution is -2.31. The molecule has 9 heteroatoms. The number of ether oxygens (including phenoxy) is 1. The highest BCUT2D eigenvalue weighted by atomic mass is 32.2. The standard InChI is InChI=1S/C14H15FN2O4S2/c1-3-21-9(2)14-16-11(8-22-14)13(18)17-23(19,20)12-7-5-4-6-10(12)15/h4-9H,3H2,1-2H3,(H,17,18)/t9-/m0/s1. The van der Waals surface area contributed by atoms with Crippen LogP contribution in [-0.2, 0) is 14.8 Å². The molecular weight excluding hydrogens is 343 g/mol. The molecule has 0 aliphatic rings. The predicted octanol–water partition coefficient (Wildman–Crippen LogP) is 2.50. The molecule has 0 fully saturated rings. The first-order valence-electron chi connectivity index (χ1n) is 6.74. The fourth-order valence-electron chi connectivity index (χ4n) is 1.79. The first-order valence-corrected chi connectivity index (χ1v) is 9.10. The third kappa shape index (κ3) is 4.12. The van der Waals surface area contributed by atoms with Crippen molar-refractivity contribution in [1.82, 2.24) is 9.71 Å². The molecule has 1 atom stereocenters. The molecule has 23 heavy (non-hydrogen) atoms. The summed E-state index contributed by atoms with van der Waals surface area (Å²) in [5.74, 6) is -1.85. The number of hydrogen-bond donors (Lipinski definition) is 1. The quantitative estimate of drug-likeness (QED) is 0.857. The van der Waals surface area contributed by atoms with Crippen molar-refractivity contribution in [3.8, 4) is 0 Å². The lowest BCUT2D eigenvalue weighted by molar-refractivity contribution is 0.0760. The molecule has 124 valence electrons. The van der Waals surface area contributed by atoms with Crippen LogP contribution in [0.2, 0.25) is 0 Å². The number of carbonyl (C=O) groups excluding carboxylic acids is 1. The molecule has 0 bridgehead atoms. The largest absolute Gasteiger partial charge is 0.372 e. The zero-order valence-electron chi connectivity index (χ0n) is 12.4. The Labute approximate surface area is 137 Å². The molecule has 2 aromatic rings. The molecule has 0 unspecified atom stereocenters. The smallest absolute Gasteiger partial charge is 0.284 e. The van der Waals surface area contributed by atoms with E-state index in [1.807, 2.05) is 11.6 Å². The van der Waals surface area contributed by atoms with Gasteiger partial charge in [0.2, 0.25) is 0 Å². The van der Waals surface area contributed by atoms with Gasteiger partial charge in [0.1, 0.15) is 27.5 Å². The van der Waals surface area contributed by atoms with Gasteiger partial charge in [-0.05, 0) is 26.0 Å². The van der Waals surface area contributed by atoms with Crippen molar-refractivity contribution >= 4 is 27.3 Å². The van der Waals surface area contributed by atoms with E-state index in [1.165, 1.54) is 28.8 Å². The molecule has 0 aliphatic heterocycles. The summed E-state index contributed by atoms with van der Waals surface area (Å²) in [4.78, 5) is 15.5. The molecule has 6 nitrogen and oxygen atoms in total. The molecule has 0 spiro atoms. The highest BCUT2D eigenvalue weighted by Crippen LogP contribution is 2.21. The van der Waals surface area contributed by atoms with Crippen molar-refractivity contribution in [3.05, 3.63) is 46.2 Å². The summed E-state index contributed by atoms with van der Waals surface area (Å²) in [6.07, 6.45) is -0.297. The number of thiazole rings is 1. The van der Waals surface area contributed by atoms with Gasteiger partial charge in [-0.2, -0.15) is 0 Å². The highest BCUT2D eigenvalue weighted by Gasteiger charge is 2.24. The van der Waals surface area contributed by atoms with E-state index in [1.54, 1.807) is 6.92 Å². The van der Waals surface area contributed by atoms with Crippen LogP contribution in [0.5, 0.6) is 0 Å². The number of benzene rings is 1. The molecule has 1 amide bonds. The van der Waals surface area contributed by atoms with Crippen LogP contribution in [0.4, 0.5) is 4.39 Å². The average Bonchev–Trinajstić information content (AvgIpc) is 2.97. The van der Waals surface area contributed by atoms with Crippen LogP contribution in [0, 0.1) is 5.82 Å². The minimum Gasteiger partial charge on any atom is -0.372 e. The van der Waals surface area contributed by atoms with Gasteiger partial charge in [0.25, 0.3) is 15.9 Å². The van der Waals surface area contributed by atoms with Gasteiger partial charge < -0.3 is 4.74 Å². The van der Waals surface area contributed by atoms with Crippen molar-refractivity contribution < 1.29 is 22.3 Å². The van der Waals surface area contributed by atoms with Crippen LogP contribution in [-0.4, -0.2) is 25.9 Å². The summed E-state index contributed by atoms with van der Waals surface area (Å²) in [6, 6.07) is 4.81. The SMILES string of the molecule is CCO[C@@H](C)c1nc(C(=O)NS(=O)(=O)c2ccccc2F)cs1. The van der Waals surface area contributed by atoms with E-state index in [4.69, 9.17) is 4.74 Å². The Bertz CT molecular complexity index is 805. The fourth-order valence-corrected chi connectivity index (χ4v) is 3.64. The monoisotopic (exact) mass is 358 g/mol. The summed E-state index contributed by atoms with van der Waals surface area (Å²) < 4.78 is 44.9. The Hall–Kier alpha value is -1.84. The topological polar surface area (TPSA) is 85.4 Å². The zero-order valence-corrected chi connectivity index (χ0v) is 14.1. The van der Waals surface area contributed by atoms with E-state index in [-0.39, 0.29) is 11.8 Å². The summed E-state index contributed by atoms with van der Waals surface area (Å²) in [5.41, 5.74) is -0.0588. The molecule has 0 saturated carbocycles. The van der Waals surface area contributed by atoms with Crippen LogP contribution in [0.1, 0.15) is 35.4 Å². The molecule has 1 N–H and O–H groups in total. The Morgan fingerprint density at radius 1 is 1.43 bits per heavy atom. The zero-order chi connectivity index (χ0) is 17.0. The van der Waals surface area contributed by atoms with Crippen LogP contribution < -0.4 is 4.72 Å². The van der Waals surface area contributed by atoms with Crippen molar-refractivity contribution in [1.29, 1.82) is 0 Å². The van der Waals surface area contributed by atoms with E-state index in [2.05, 4.69) is 4.98 Å². The van der Waals surface area contributed by atoms with Gasteiger partial charge >= 0.3 is 0 Å². The maximum atomic E-state index is 13.6. The lowest BCUT2D eigenvalue weighted by atomic mass is 10.4. The normalized spacial score (nSPS) is 12.8. The van der Waals surface area contributed by atoms with E-state index in [9.17, 15) is 17.6 Å². The molecule has 0 aliphatic carbocycles. The number of carbonyl (C=O) groups is 1. The number of nitrogens with zero attached hydrogens (tertiary/aromatic N) is 1. The summed E-state index contributed by atoms with van der Waals surface area (Å²) in [5, 5.41) is 1.98. The maximum absolute atomic E-state index is 13.6. The summed E-state index contributed by atoms with van der Waals surface area (Å²) in [7, 11) is -4.30. The van der Waals surface area contributed by atoms with Gasteiger partial charge in [0.05, 0.1) is 0 Å². The van der Waals surface area contributed by atoms with Gasteiger partial charge in [0, 0.05) is 12.0 Å². The van der Waals surface area contributed by atoms with Crippen molar-refractivity contribution in [2.24, 2.45) is 0 Å². The van der Waals surface area contributed by atoms with Crippen molar-refractivity contribution in [2.45, 2.75) is 24.8 Å². The Balaban J connectivity index is 2.18. The first kappa shape index (κ1) is 17.5. The van der Waals surface area contributed by atoms with Crippen LogP contribution >= 0.6 is 11.3 Å². The second-order valence-electron chi connectivity index (χ2n) is 4.53. The van der Waals surface area contributed by atoms with Gasteiger partial charge in [-0.3, -0.25) is 4.79 Å². The number of rotatable bonds is 6. The minimum absolute atomic E-state index is 0.0588. The number of aromatic nitrogens is 1. The number of nitrogens with one attached hydrogen (secondary N) is 1. The molecule has 0 radical (unpaired) electrons. The maximum Gasteiger partial charge on any atom is 0.284 e. The molecule has 2 rings (SSSR count). The van der Waals surface area contributed by atoms with E-state index in [0.717, 1.165) is 12.1 Å². The molecule has 1 aromatic heterocycles. The second kappa shape index (κ2) is 7.16. The van der Waals surface area contributed by atoms with E-state index >= 15 is 0 Å². The summed E-state index contributed by atoms with van der Waals surface area (Å²) in [6.45, 7) is 4.10. The molecule has 1 heterocycles. The van der Waals surface area contributed by atoms with Gasteiger partial charge in [-0.15, -0.1) is 11.3 Å². The van der Waals surface area contributed by atoms with Crippen LogP contribution in [0.15, 0.2) is 34.5 Å². The van der Waals surface area contributed by atoms with Gasteiger partial charge in [-0.25, -0.2) is 22.5 Å². The van der Waals surface area contributed by atoms with Crippen molar-refractivity contribution in [2.75, 3.05) is 6.61 Å². The Morgan fingerprint density at radius 3 is 2.78 bits per heavy atom. The summed E-state index contributed by atoms with van der Waals surface area (Å²) >= 11 is 1.19. The van der Waals surface area contributed by atoms with Gasteiger partial charge in [-0.1, -0.05) is 12.1 Å². The van der Waals surface area contributed by atoms with E-state index < -0.39 is 26.6 Å². The second-order valence-corrected chi connectivity index (χ2v) is 7.07. The molecule has 1 aromatic carbocycles. The third-order valence-corrected chi connectivity index (χ3v) is 5.24. The number of hydrogen-bond acceptors (Lipinski definition) is 6. The minimum atomic E-state index is -4.30. The average molecular weight is 358 g/mol. The number of halogens is 1. The van der Waals surface area contributed by atoms with Crippen molar-refractivity contribution in [3.63, 3.8) is 0 Å². The Morgan fingerprint density at radius 2 is 2.13 bits per heavy atom. The fraction of sp³-hybridized carbons (Fsp3) is 0.286. The van der Waals surface area contributed by atoms with E-state index in [0.29, 0.717) is 11.6 Å². The van der Waals surface area contributed by atoms with Crippen LogP contribution in [0.3, 0.4) is 0 Å². The Kier molecular flexibility index (Phi) is 5.45. The van der Waals surface area contributed by atoms with Gasteiger partial charge in [0.15, 0.2) is 0 Å². The molecule has 0 saturated heterocycles. The lowest BCUT2D eigenvalue weighted by Gasteiger charge is -2.07. The van der Waals surface area contributed by atoms with Crippen LogP contribution in [0.25, 0.3) is 0 Å². The third-order valence-electron chi connectivity index (χ3n) is 2.87.